The summed E-state index contributed by atoms with van der Waals surface area (Å²) in [6, 6.07) is 17.6. The van der Waals surface area contributed by atoms with Crippen molar-refractivity contribution < 1.29 is 33.0 Å². The van der Waals surface area contributed by atoms with Crippen molar-refractivity contribution >= 4 is 29.4 Å². The van der Waals surface area contributed by atoms with Crippen LogP contribution in [0, 0.1) is 6.92 Å². The maximum atomic E-state index is 12.8. The number of carbonyl (C=O) groups excluding carboxylic acids is 4. The lowest BCUT2D eigenvalue weighted by atomic mass is 9.98. The zero-order valence-electron chi connectivity index (χ0n) is 18.5. The first-order valence-corrected chi connectivity index (χ1v) is 10.4. The first kappa shape index (κ1) is 23.3. The summed E-state index contributed by atoms with van der Waals surface area (Å²) in [7, 11) is 0. The van der Waals surface area contributed by atoms with Gasteiger partial charge in [0.1, 0.15) is 11.5 Å². The van der Waals surface area contributed by atoms with Crippen molar-refractivity contribution in [3.8, 4) is 22.6 Å². The molecule has 0 saturated heterocycles. The summed E-state index contributed by atoms with van der Waals surface area (Å²) >= 11 is 0. The Hall–Kier alpha value is -4.85. The van der Waals surface area contributed by atoms with Crippen LogP contribution >= 0.6 is 0 Å². The van der Waals surface area contributed by atoms with Crippen molar-refractivity contribution in [3.63, 3.8) is 0 Å². The van der Waals surface area contributed by atoms with Crippen LogP contribution in [0.15, 0.2) is 91.3 Å². The second-order valence-corrected chi connectivity index (χ2v) is 7.58. The predicted molar refractivity (Wildman–Crippen MR) is 126 cm³/mol. The summed E-state index contributed by atoms with van der Waals surface area (Å²) in [5, 5.41) is 0. The molecule has 0 unspecified atom stereocenters. The summed E-state index contributed by atoms with van der Waals surface area (Å²) in [4.78, 5) is 48.5. The number of ether oxygens (including phenoxy) is 2. The van der Waals surface area contributed by atoms with Crippen molar-refractivity contribution in [2.24, 2.45) is 0 Å². The Morgan fingerprint density at radius 1 is 0.829 bits per heavy atom. The van der Waals surface area contributed by atoms with Crippen LogP contribution in [0.25, 0.3) is 11.1 Å². The van der Waals surface area contributed by atoms with Crippen molar-refractivity contribution in [1.82, 2.24) is 0 Å². The topological polar surface area (TPSA) is 90.0 Å². The number of amides is 2. The van der Waals surface area contributed by atoms with Crippen molar-refractivity contribution in [2.45, 2.75) is 6.92 Å². The van der Waals surface area contributed by atoms with Gasteiger partial charge in [-0.3, -0.25) is 9.59 Å². The number of hydrogen-bond acceptors (Lipinski definition) is 6. The van der Waals surface area contributed by atoms with Crippen LogP contribution in [-0.4, -0.2) is 23.8 Å². The third-order valence-corrected chi connectivity index (χ3v) is 5.17. The molecule has 0 aliphatic carbocycles. The van der Waals surface area contributed by atoms with Gasteiger partial charge in [0.05, 0.1) is 11.3 Å². The second kappa shape index (κ2) is 9.56. The Balaban J connectivity index is 1.44. The Labute approximate surface area is 199 Å². The van der Waals surface area contributed by atoms with E-state index in [1.54, 1.807) is 30.3 Å². The normalized spacial score (nSPS) is 12.6. The molecule has 0 aromatic heterocycles. The predicted octanol–water partition coefficient (Wildman–Crippen LogP) is 4.70. The van der Waals surface area contributed by atoms with Gasteiger partial charge in [-0.2, -0.15) is 4.39 Å². The highest BCUT2D eigenvalue weighted by molar-refractivity contribution is 6.28. The number of halogens is 1. The van der Waals surface area contributed by atoms with Crippen LogP contribution < -0.4 is 14.4 Å². The summed E-state index contributed by atoms with van der Waals surface area (Å²) in [5.41, 5.74) is 3.15. The molecule has 1 aliphatic rings. The van der Waals surface area contributed by atoms with E-state index >= 15 is 0 Å². The van der Waals surface area contributed by atoms with Crippen LogP contribution in [-0.2, 0) is 14.4 Å². The summed E-state index contributed by atoms with van der Waals surface area (Å²) in [6.45, 7) is 4.73. The summed E-state index contributed by atoms with van der Waals surface area (Å²) in [6.07, 6.45) is 2.38. The molecule has 0 N–H and O–H groups in total. The number of rotatable bonds is 6. The van der Waals surface area contributed by atoms with E-state index in [0.717, 1.165) is 21.6 Å². The van der Waals surface area contributed by atoms with Gasteiger partial charge < -0.3 is 9.47 Å². The van der Waals surface area contributed by atoms with E-state index < -0.39 is 29.6 Å². The lowest BCUT2D eigenvalue weighted by molar-refractivity contribution is -0.131. The van der Waals surface area contributed by atoms with Crippen molar-refractivity contribution in [1.29, 1.82) is 0 Å². The third kappa shape index (κ3) is 5.06. The molecule has 8 heteroatoms. The molecule has 0 radical (unpaired) electrons. The number of anilines is 1. The highest BCUT2D eigenvalue weighted by atomic mass is 19.1. The molecular weight excluding hydrogens is 453 g/mol. The van der Waals surface area contributed by atoms with Gasteiger partial charge in [0.25, 0.3) is 11.8 Å². The molecule has 1 heterocycles. The molecule has 0 atom stereocenters. The maximum Gasteiger partial charge on any atom is 0.371 e. The molecule has 0 saturated carbocycles. The van der Waals surface area contributed by atoms with Gasteiger partial charge in [-0.15, -0.1) is 0 Å². The van der Waals surface area contributed by atoms with Crippen LogP contribution in [0.1, 0.15) is 15.9 Å². The number of benzene rings is 3. The van der Waals surface area contributed by atoms with Gasteiger partial charge in [0.15, 0.2) is 0 Å². The minimum Gasteiger partial charge on any atom is -0.423 e. The first-order valence-electron chi connectivity index (χ1n) is 10.4. The number of aryl methyl sites for hydroxylation is 1. The Kier molecular flexibility index (Phi) is 6.37. The van der Waals surface area contributed by atoms with E-state index in [1.165, 1.54) is 48.6 Å². The fourth-order valence-corrected chi connectivity index (χ4v) is 3.46. The molecular formula is C27H18FNO6. The maximum absolute atomic E-state index is 12.8. The molecule has 3 aromatic rings. The molecule has 0 fully saturated rings. The average Bonchev–Trinajstić information content (AvgIpc) is 3.18. The van der Waals surface area contributed by atoms with E-state index in [-0.39, 0.29) is 11.5 Å². The number of carbonyl (C=O) groups is 4. The van der Waals surface area contributed by atoms with Gasteiger partial charge in [0.2, 0.25) is 5.83 Å². The smallest absolute Gasteiger partial charge is 0.371 e. The molecule has 3 aromatic carbocycles. The van der Waals surface area contributed by atoms with Crippen LogP contribution in [0.4, 0.5) is 10.1 Å². The minimum atomic E-state index is -1.18. The van der Waals surface area contributed by atoms with Gasteiger partial charge >= 0.3 is 11.9 Å². The van der Waals surface area contributed by atoms with Gasteiger partial charge in [-0.05, 0) is 72.1 Å². The van der Waals surface area contributed by atoms with Crippen LogP contribution in [0.3, 0.4) is 0 Å². The van der Waals surface area contributed by atoms with E-state index in [0.29, 0.717) is 11.3 Å². The third-order valence-electron chi connectivity index (χ3n) is 5.17. The van der Waals surface area contributed by atoms with Crippen molar-refractivity contribution in [3.05, 3.63) is 102 Å². The monoisotopic (exact) mass is 471 g/mol. The Bertz CT molecular complexity index is 1370. The largest absolute Gasteiger partial charge is 0.423 e. The number of imide groups is 1. The van der Waals surface area contributed by atoms with Crippen LogP contribution in [0.5, 0.6) is 11.5 Å². The molecule has 7 nitrogen and oxygen atoms in total. The molecule has 2 amide bonds. The lowest BCUT2D eigenvalue weighted by Crippen LogP contribution is -2.29. The van der Waals surface area contributed by atoms with E-state index in [9.17, 15) is 23.6 Å². The standard InChI is InChI=1S/C27H18FNO6/c1-16-15-19(5-12-23(16)18-3-8-21(9-4-18)34-26(32)17(2)28)27(33)35-22-10-6-20(7-11-22)29-24(30)13-14-25(29)31/h3-15H,2H2,1H3. The minimum absolute atomic E-state index is 0.177. The quantitative estimate of drug-likeness (QED) is 0.224. The summed E-state index contributed by atoms with van der Waals surface area (Å²) in [5.74, 6) is -3.34. The molecule has 35 heavy (non-hydrogen) atoms. The molecule has 4 rings (SSSR count). The fraction of sp³-hybridized carbons (Fsp3) is 0.0370. The van der Waals surface area contributed by atoms with Gasteiger partial charge in [0, 0.05) is 12.2 Å². The average molecular weight is 471 g/mol. The SMILES string of the molecule is C=C(F)C(=O)Oc1ccc(-c2ccc(C(=O)Oc3ccc(N4C(=O)C=CC4=O)cc3)cc2C)cc1. The Morgan fingerprint density at radius 2 is 1.40 bits per heavy atom. The highest BCUT2D eigenvalue weighted by Crippen LogP contribution is 2.28. The van der Waals surface area contributed by atoms with Gasteiger partial charge in [-0.25, -0.2) is 14.5 Å². The molecule has 0 spiro atoms. The van der Waals surface area contributed by atoms with Crippen LogP contribution in [0.2, 0.25) is 0 Å². The first-order chi connectivity index (χ1) is 16.7. The number of esters is 2. The molecule has 0 bridgehead atoms. The lowest BCUT2D eigenvalue weighted by Gasteiger charge is -2.14. The Morgan fingerprint density at radius 3 is 1.97 bits per heavy atom. The van der Waals surface area contributed by atoms with Gasteiger partial charge in [-0.1, -0.05) is 24.8 Å². The molecule has 174 valence electrons. The van der Waals surface area contributed by atoms with Crippen molar-refractivity contribution in [2.75, 3.05) is 4.90 Å². The fourth-order valence-electron chi connectivity index (χ4n) is 3.46. The van der Waals surface area contributed by atoms with E-state index in [4.69, 9.17) is 9.47 Å². The number of nitrogens with zero attached hydrogens (tertiary/aromatic N) is 1. The number of hydrogen-bond donors (Lipinski definition) is 0. The zero-order valence-corrected chi connectivity index (χ0v) is 18.5. The zero-order chi connectivity index (χ0) is 25.1. The second-order valence-electron chi connectivity index (χ2n) is 7.58. The summed E-state index contributed by atoms with van der Waals surface area (Å²) < 4.78 is 23.0. The van der Waals surface area contributed by atoms with E-state index in [2.05, 4.69) is 6.58 Å². The molecule has 1 aliphatic heterocycles. The van der Waals surface area contributed by atoms with E-state index in [1.807, 2.05) is 6.92 Å². The highest BCUT2D eigenvalue weighted by Gasteiger charge is 2.25.